The lowest BCUT2D eigenvalue weighted by Crippen LogP contribution is -2.24. The second-order valence-electron chi connectivity index (χ2n) is 5.06. The van der Waals surface area contributed by atoms with E-state index in [2.05, 4.69) is 20.7 Å². The zero-order valence-corrected chi connectivity index (χ0v) is 15.0. The zero-order valence-electron chi connectivity index (χ0n) is 13.4. The van der Waals surface area contributed by atoms with Gasteiger partial charge in [0, 0.05) is 16.1 Å². The van der Waals surface area contributed by atoms with Crippen LogP contribution in [0.4, 0.5) is 5.69 Å². The smallest absolute Gasteiger partial charge is 0.338 e. The number of hydrogen-bond acceptors (Lipinski definition) is 6. The molecule has 0 N–H and O–H groups in total. The van der Waals surface area contributed by atoms with Crippen LogP contribution in [0, 0.1) is 10.1 Å². The van der Waals surface area contributed by atoms with Crippen LogP contribution in [0.15, 0.2) is 46.9 Å². The number of ketones is 1. The number of nitro benzene ring substituents is 1. The molecule has 0 amide bonds. The van der Waals surface area contributed by atoms with Gasteiger partial charge < -0.3 is 9.47 Å². The fourth-order valence-electron chi connectivity index (χ4n) is 2.10. The van der Waals surface area contributed by atoms with E-state index in [0.717, 1.165) is 10.5 Å². The Morgan fingerprint density at radius 3 is 2.28 bits per heavy atom. The predicted molar refractivity (Wildman–Crippen MR) is 93.0 cm³/mol. The highest BCUT2D eigenvalue weighted by Crippen LogP contribution is 2.29. The molecule has 0 spiro atoms. The lowest BCUT2D eigenvalue weighted by Gasteiger charge is -2.14. The van der Waals surface area contributed by atoms with Gasteiger partial charge in [0.1, 0.15) is 0 Å². The molecule has 0 aliphatic carbocycles. The Morgan fingerprint density at radius 1 is 1.12 bits per heavy atom. The number of carbonyl (C=O) groups is 2. The molecule has 2 aromatic rings. The molecule has 0 heterocycles. The topological polar surface area (TPSA) is 95.7 Å². The number of halogens is 1. The van der Waals surface area contributed by atoms with Crippen LogP contribution in [-0.4, -0.2) is 29.9 Å². The Labute approximate surface area is 151 Å². The molecule has 0 aliphatic heterocycles. The van der Waals surface area contributed by atoms with Crippen molar-refractivity contribution < 1.29 is 24.0 Å². The number of nitrogens with zero attached hydrogens (tertiary/aromatic N) is 1. The number of Topliss-reactive ketones (excluding diaryl/α,β-unsaturated/α-hetero) is 1. The molecule has 0 saturated heterocycles. The second kappa shape index (κ2) is 7.89. The van der Waals surface area contributed by atoms with Crippen molar-refractivity contribution in [3.63, 3.8) is 0 Å². The molecule has 130 valence electrons. The summed E-state index contributed by atoms with van der Waals surface area (Å²) in [4.78, 5) is 34.4. The fourth-order valence-corrected chi connectivity index (χ4v) is 2.36. The van der Waals surface area contributed by atoms with Crippen molar-refractivity contribution in [3.8, 4) is 5.75 Å². The highest BCUT2D eigenvalue weighted by atomic mass is 79.9. The van der Waals surface area contributed by atoms with Crippen LogP contribution in [0.1, 0.15) is 27.6 Å². The highest BCUT2D eigenvalue weighted by Gasteiger charge is 2.24. The third-order valence-corrected chi connectivity index (χ3v) is 3.91. The first-order valence-corrected chi connectivity index (χ1v) is 7.96. The summed E-state index contributed by atoms with van der Waals surface area (Å²) in [6.45, 7) is 1.50. The molecule has 0 bridgehead atoms. The number of hydrogen-bond donors (Lipinski definition) is 0. The first-order chi connectivity index (χ1) is 11.8. The Balaban J connectivity index is 2.26. The third-order valence-electron chi connectivity index (χ3n) is 3.38. The molecule has 7 nitrogen and oxygen atoms in total. The summed E-state index contributed by atoms with van der Waals surface area (Å²) in [5.41, 5.74) is 0.0244. The van der Waals surface area contributed by atoms with Crippen LogP contribution in [0.3, 0.4) is 0 Å². The minimum atomic E-state index is -0.941. The third kappa shape index (κ3) is 4.42. The van der Waals surface area contributed by atoms with E-state index < -0.39 is 22.7 Å². The van der Waals surface area contributed by atoms with Gasteiger partial charge in [-0.25, -0.2) is 4.79 Å². The molecular formula is C17H14BrNO6. The van der Waals surface area contributed by atoms with Gasteiger partial charge in [-0.3, -0.25) is 14.9 Å². The van der Waals surface area contributed by atoms with E-state index in [0.29, 0.717) is 5.56 Å². The summed E-state index contributed by atoms with van der Waals surface area (Å²) in [5.74, 6) is -1.12. The summed E-state index contributed by atoms with van der Waals surface area (Å²) in [6, 6.07) is 10.3. The van der Waals surface area contributed by atoms with E-state index in [9.17, 15) is 19.7 Å². The first-order valence-electron chi connectivity index (χ1n) is 7.16. The van der Waals surface area contributed by atoms with Crippen molar-refractivity contribution in [1.82, 2.24) is 0 Å². The standard InChI is InChI=1S/C17H14BrNO6/c1-10(16(20)11-3-6-13(18)7-4-11)25-15-8-5-12(17(21)24-2)9-14(15)19(22)23/h3-10H,1-2H3/t10-/m0/s1. The summed E-state index contributed by atoms with van der Waals surface area (Å²) in [5, 5.41) is 11.2. The Morgan fingerprint density at radius 2 is 1.72 bits per heavy atom. The SMILES string of the molecule is COC(=O)c1ccc(O[C@@H](C)C(=O)c2ccc(Br)cc2)c([N+](=O)[O-])c1. The number of carbonyl (C=O) groups excluding carboxylic acids is 2. The van der Waals surface area contributed by atoms with E-state index in [1.165, 1.54) is 26.2 Å². The van der Waals surface area contributed by atoms with Gasteiger partial charge >= 0.3 is 11.7 Å². The Kier molecular flexibility index (Phi) is 5.87. The van der Waals surface area contributed by atoms with Gasteiger partial charge in [-0.05, 0) is 31.2 Å². The molecule has 8 heteroatoms. The normalized spacial score (nSPS) is 11.5. The Hall–Kier alpha value is -2.74. The lowest BCUT2D eigenvalue weighted by atomic mass is 10.1. The lowest BCUT2D eigenvalue weighted by molar-refractivity contribution is -0.386. The van der Waals surface area contributed by atoms with Crippen LogP contribution in [0.25, 0.3) is 0 Å². The largest absolute Gasteiger partial charge is 0.475 e. The Bertz CT molecular complexity index is 818. The molecule has 2 aromatic carbocycles. The molecule has 0 unspecified atom stereocenters. The van der Waals surface area contributed by atoms with Gasteiger partial charge in [-0.15, -0.1) is 0 Å². The summed E-state index contributed by atoms with van der Waals surface area (Å²) in [6.07, 6.45) is -0.941. The molecule has 0 aromatic heterocycles. The number of rotatable bonds is 6. The molecule has 2 rings (SSSR count). The molecule has 0 fully saturated rings. The van der Waals surface area contributed by atoms with Crippen molar-refractivity contribution >= 4 is 33.4 Å². The van der Waals surface area contributed by atoms with Gasteiger partial charge in [0.15, 0.2) is 11.9 Å². The number of benzene rings is 2. The number of methoxy groups -OCH3 is 1. The van der Waals surface area contributed by atoms with Crippen LogP contribution in [0.5, 0.6) is 5.75 Å². The molecule has 0 radical (unpaired) electrons. The summed E-state index contributed by atoms with van der Waals surface area (Å²) < 4.78 is 10.8. The van der Waals surface area contributed by atoms with Crippen molar-refractivity contribution in [2.24, 2.45) is 0 Å². The van der Waals surface area contributed by atoms with Crippen LogP contribution < -0.4 is 4.74 Å². The van der Waals surface area contributed by atoms with E-state index >= 15 is 0 Å². The summed E-state index contributed by atoms with van der Waals surface area (Å²) >= 11 is 3.28. The van der Waals surface area contributed by atoms with E-state index in [1.54, 1.807) is 24.3 Å². The van der Waals surface area contributed by atoms with Gasteiger partial charge in [-0.1, -0.05) is 28.1 Å². The van der Waals surface area contributed by atoms with Crippen LogP contribution in [0.2, 0.25) is 0 Å². The maximum absolute atomic E-state index is 12.4. The van der Waals surface area contributed by atoms with Crippen molar-refractivity contribution in [2.45, 2.75) is 13.0 Å². The van der Waals surface area contributed by atoms with E-state index in [4.69, 9.17) is 4.74 Å². The minimum Gasteiger partial charge on any atom is -0.475 e. The maximum Gasteiger partial charge on any atom is 0.338 e. The fraction of sp³-hybridized carbons (Fsp3) is 0.176. The average molecular weight is 408 g/mol. The van der Waals surface area contributed by atoms with Crippen molar-refractivity contribution in [2.75, 3.05) is 7.11 Å². The maximum atomic E-state index is 12.4. The number of nitro groups is 1. The monoisotopic (exact) mass is 407 g/mol. The van der Waals surface area contributed by atoms with Gasteiger partial charge in [0.2, 0.25) is 5.78 Å². The number of ether oxygens (including phenoxy) is 2. The van der Waals surface area contributed by atoms with Gasteiger partial charge in [-0.2, -0.15) is 0 Å². The molecule has 25 heavy (non-hydrogen) atoms. The predicted octanol–water partition coefficient (Wildman–Crippen LogP) is 3.79. The van der Waals surface area contributed by atoms with E-state index in [-0.39, 0.29) is 17.1 Å². The highest BCUT2D eigenvalue weighted by molar-refractivity contribution is 9.10. The minimum absolute atomic E-state index is 0.0217. The number of esters is 1. The molecule has 1 atom stereocenters. The zero-order chi connectivity index (χ0) is 18.6. The van der Waals surface area contributed by atoms with Crippen LogP contribution in [-0.2, 0) is 4.74 Å². The van der Waals surface area contributed by atoms with E-state index in [1.807, 2.05) is 0 Å². The molecule has 0 saturated carbocycles. The quantitative estimate of drug-likeness (QED) is 0.312. The molecule has 0 aliphatic rings. The van der Waals surface area contributed by atoms with Crippen molar-refractivity contribution in [1.29, 1.82) is 0 Å². The summed E-state index contributed by atoms with van der Waals surface area (Å²) in [7, 11) is 1.18. The second-order valence-corrected chi connectivity index (χ2v) is 5.98. The van der Waals surface area contributed by atoms with Crippen molar-refractivity contribution in [3.05, 3.63) is 68.2 Å². The van der Waals surface area contributed by atoms with Gasteiger partial charge in [0.25, 0.3) is 0 Å². The average Bonchev–Trinajstić information content (AvgIpc) is 2.61. The first kappa shape index (κ1) is 18.6. The van der Waals surface area contributed by atoms with Gasteiger partial charge in [0.05, 0.1) is 17.6 Å². The van der Waals surface area contributed by atoms with Crippen LogP contribution >= 0.6 is 15.9 Å². The molecular weight excluding hydrogens is 394 g/mol.